The third kappa shape index (κ3) is 3.50. The maximum atomic E-state index is 14.7. The predicted molar refractivity (Wildman–Crippen MR) is 111 cm³/mol. The van der Waals surface area contributed by atoms with Crippen molar-refractivity contribution in [1.29, 1.82) is 0 Å². The van der Waals surface area contributed by atoms with Crippen LogP contribution in [0.25, 0.3) is 0 Å². The van der Waals surface area contributed by atoms with Crippen LogP contribution in [0.3, 0.4) is 0 Å². The summed E-state index contributed by atoms with van der Waals surface area (Å²) in [5.74, 6) is 2.78. The molecule has 2 unspecified atom stereocenters. The second-order valence-corrected chi connectivity index (χ2v) is 7.72. The Morgan fingerprint density at radius 1 is 1.03 bits per heavy atom. The monoisotopic (exact) mass is 406 g/mol. The maximum absolute atomic E-state index is 14.7. The van der Waals surface area contributed by atoms with E-state index in [2.05, 4.69) is 0 Å². The number of hydrogen-bond acceptors (Lipinski definition) is 4. The van der Waals surface area contributed by atoms with Gasteiger partial charge in [0.05, 0.1) is 6.61 Å². The van der Waals surface area contributed by atoms with Gasteiger partial charge in [0, 0.05) is 35.3 Å². The third-order valence-electron chi connectivity index (χ3n) is 5.83. The normalized spacial score (nSPS) is 19.1. The summed E-state index contributed by atoms with van der Waals surface area (Å²) < 4.78 is 32.7. The van der Waals surface area contributed by atoms with Crippen LogP contribution < -0.4 is 14.2 Å². The van der Waals surface area contributed by atoms with Gasteiger partial charge in [-0.05, 0) is 49.6 Å². The van der Waals surface area contributed by atoms with Crippen molar-refractivity contribution in [2.75, 3.05) is 13.2 Å². The number of aliphatic hydroxyl groups excluding tert-OH is 1. The van der Waals surface area contributed by atoms with Crippen molar-refractivity contribution in [2.45, 2.75) is 31.3 Å². The molecule has 1 heterocycles. The second-order valence-electron chi connectivity index (χ2n) is 7.72. The van der Waals surface area contributed by atoms with Gasteiger partial charge in [0.25, 0.3) is 0 Å². The van der Waals surface area contributed by atoms with Crippen molar-refractivity contribution in [3.05, 3.63) is 83.2 Å². The first-order chi connectivity index (χ1) is 14.7. The summed E-state index contributed by atoms with van der Waals surface area (Å²) in [5, 5.41) is 9.21. The average molecular weight is 406 g/mol. The molecule has 4 nitrogen and oxygen atoms in total. The van der Waals surface area contributed by atoms with E-state index in [4.69, 9.17) is 14.2 Å². The number of ether oxygens (including phenoxy) is 3. The Labute approximate surface area is 174 Å². The maximum Gasteiger partial charge on any atom is 0.131 e. The number of benzene rings is 3. The van der Waals surface area contributed by atoms with Crippen LogP contribution in [0.15, 0.2) is 60.7 Å². The van der Waals surface area contributed by atoms with Gasteiger partial charge < -0.3 is 19.3 Å². The van der Waals surface area contributed by atoms with E-state index in [1.165, 1.54) is 6.07 Å². The van der Waals surface area contributed by atoms with Crippen LogP contribution in [0.2, 0.25) is 0 Å². The summed E-state index contributed by atoms with van der Waals surface area (Å²) in [5.41, 5.74) is 2.53. The molecule has 2 atom stereocenters. The molecule has 30 heavy (non-hydrogen) atoms. The van der Waals surface area contributed by atoms with E-state index in [1.807, 2.05) is 48.5 Å². The largest absolute Gasteiger partial charge is 0.493 e. The molecule has 5 heteroatoms. The minimum atomic E-state index is -0.369. The number of fused-ring (bicyclic) bond motifs is 2. The SMILES string of the molecule is OCCC1COc2cc(OC3CCc4c(Oc5ccccc5)ccc(F)c43)ccc21. The van der Waals surface area contributed by atoms with Gasteiger partial charge in [0.1, 0.15) is 34.9 Å². The van der Waals surface area contributed by atoms with E-state index in [0.717, 1.165) is 22.6 Å². The second kappa shape index (κ2) is 8.00. The highest BCUT2D eigenvalue weighted by Crippen LogP contribution is 2.44. The molecule has 0 saturated carbocycles. The van der Waals surface area contributed by atoms with Gasteiger partial charge in [-0.1, -0.05) is 24.3 Å². The van der Waals surface area contributed by atoms with E-state index in [1.54, 1.807) is 6.07 Å². The molecular formula is C25H23FO4. The quantitative estimate of drug-likeness (QED) is 0.584. The molecule has 0 spiro atoms. The highest BCUT2D eigenvalue weighted by atomic mass is 19.1. The lowest BCUT2D eigenvalue weighted by molar-refractivity contribution is 0.202. The van der Waals surface area contributed by atoms with Gasteiger partial charge in [-0.15, -0.1) is 0 Å². The molecule has 0 saturated heterocycles. The smallest absolute Gasteiger partial charge is 0.131 e. The van der Waals surface area contributed by atoms with Crippen molar-refractivity contribution in [3.63, 3.8) is 0 Å². The van der Waals surface area contributed by atoms with Gasteiger partial charge in [-0.3, -0.25) is 0 Å². The molecule has 5 rings (SSSR count). The molecule has 0 aromatic heterocycles. The van der Waals surface area contributed by atoms with Crippen molar-refractivity contribution in [2.24, 2.45) is 0 Å². The molecule has 1 aliphatic heterocycles. The molecule has 0 radical (unpaired) electrons. The van der Waals surface area contributed by atoms with Gasteiger partial charge in [0.2, 0.25) is 0 Å². The molecule has 0 amide bonds. The fraction of sp³-hybridized carbons (Fsp3) is 0.280. The van der Waals surface area contributed by atoms with Gasteiger partial charge in [0.15, 0.2) is 0 Å². The number of aliphatic hydroxyl groups is 1. The highest BCUT2D eigenvalue weighted by molar-refractivity contribution is 5.49. The van der Waals surface area contributed by atoms with Crippen molar-refractivity contribution in [1.82, 2.24) is 0 Å². The molecule has 0 fully saturated rings. The fourth-order valence-corrected chi connectivity index (χ4v) is 4.36. The summed E-state index contributed by atoms with van der Waals surface area (Å²) in [6, 6.07) is 18.4. The van der Waals surface area contributed by atoms with E-state index in [0.29, 0.717) is 42.9 Å². The standard InChI is InChI=1S/C25H23FO4/c26-21-9-11-22(29-17-4-2-1-3-5-17)20-8-10-23(25(20)21)30-18-6-7-19-16(12-13-27)15-28-24(19)14-18/h1-7,9,11,14,16,23,27H,8,10,12-13,15H2. The Hall–Kier alpha value is -3.05. The molecule has 2 aliphatic rings. The summed E-state index contributed by atoms with van der Waals surface area (Å²) in [6.45, 7) is 0.706. The minimum Gasteiger partial charge on any atom is -0.493 e. The number of rotatable bonds is 6. The fourth-order valence-electron chi connectivity index (χ4n) is 4.36. The minimum absolute atomic E-state index is 0.136. The molecular weight excluding hydrogens is 383 g/mol. The van der Waals surface area contributed by atoms with E-state index in [9.17, 15) is 9.50 Å². The first-order valence-electron chi connectivity index (χ1n) is 10.3. The lowest BCUT2D eigenvalue weighted by Crippen LogP contribution is -2.06. The molecule has 0 bridgehead atoms. The lowest BCUT2D eigenvalue weighted by Gasteiger charge is -2.17. The van der Waals surface area contributed by atoms with Gasteiger partial charge in [-0.25, -0.2) is 4.39 Å². The van der Waals surface area contributed by atoms with Crippen LogP contribution in [0, 0.1) is 5.82 Å². The zero-order valence-electron chi connectivity index (χ0n) is 16.5. The Balaban J connectivity index is 1.38. The van der Waals surface area contributed by atoms with Crippen LogP contribution >= 0.6 is 0 Å². The zero-order valence-corrected chi connectivity index (χ0v) is 16.5. The molecule has 1 N–H and O–H groups in total. The van der Waals surface area contributed by atoms with Crippen molar-refractivity contribution >= 4 is 0 Å². The lowest BCUT2D eigenvalue weighted by atomic mass is 9.98. The van der Waals surface area contributed by atoms with Crippen LogP contribution in [0.1, 0.15) is 41.6 Å². The van der Waals surface area contributed by atoms with E-state index < -0.39 is 0 Å². The molecule has 154 valence electrons. The molecule has 3 aromatic rings. The van der Waals surface area contributed by atoms with Gasteiger partial charge in [-0.2, -0.15) is 0 Å². The predicted octanol–water partition coefficient (Wildman–Crippen LogP) is 5.54. The number of halogens is 1. The van der Waals surface area contributed by atoms with Crippen LogP contribution in [0.5, 0.6) is 23.0 Å². The van der Waals surface area contributed by atoms with E-state index >= 15 is 0 Å². The Morgan fingerprint density at radius 2 is 1.90 bits per heavy atom. The first-order valence-corrected chi connectivity index (χ1v) is 10.3. The van der Waals surface area contributed by atoms with Crippen molar-refractivity contribution < 1.29 is 23.7 Å². The summed E-state index contributed by atoms with van der Waals surface area (Å²) in [4.78, 5) is 0. The van der Waals surface area contributed by atoms with Crippen LogP contribution in [-0.4, -0.2) is 18.3 Å². The Bertz CT molecular complexity index is 1050. The first kappa shape index (κ1) is 18.9. The highest BCUT2D eigenvalue weighted by Gasteiger charge is 2.31. The topological polar surface area (TPSA) is 47.9 Å². The summed E-state index contributed by atoms with van der Waals surface area (Å²) in [6.07, 6.45) is 1.69. The van der Waals surface area contributed by atoms with Crippen LogP contribution in [0.4, 0.5) is 4.39 Å². The van der Waals surface area contributed by atoms with E-state index in [-0.39, 0.29) is 24.4 Å². The summed E-state index contributed by atoms with van der Waals surface area (Å²) in [7, 11) is 0. The zero-order chi connectivity index (χ0) is 20.5. The average Bonchev–Trinajstić information content (AvgIpc) is 3.36. The summed E-state index contributed by atoms with van der Waals surface area (Å²) >= 11 is 0. The molecule has 3 aromatic carbocycles. The third-order valence-corrected chi connectivity index (χ3v) is 5.83. The number of hydrogen-bond donors (Lipinski definition) is 1. The Kier molecular flexibility index (Phi) is 5.05. The van der Waals surface area contributed by atoms with Gasteiger partial charge >= 0.3 is 0 Å². The van der Waals surface area contributed by atoms with Crippen molar-refractivity contribution in [3.8, 4) is 23.0 Å². The number of para-hydroxylation sites is 1. The van der Waals surface area contributed by atoms with Crippen LogP contribution in [-0.2, 0) is 6.42 Å². The Morgan fingerprint density at radius 3 is 2.73 bits per heavy atom. The molecule has 1 aliphatic carbocycles.